The Kier molecular flexibility index (Phi) is 5.09. The van der Waals surface area contributed by atoms with Gasteiger partial charge in [-0.05, 0) is 51.5 Å². The zero-order chi connectivity index (χ0) is 14.5. The zero-order valence-corrected chi connectivity index (χ0v) is 13.0. The van der Waals surface area contributed by atoms with E-state index in [0.717, 1.165) is 37.9 Å². The molecular weight excluding hydrogens is 262 g/mol. The fraction of sp³-hybridized carbons (Fsp3) is 0.706. The molecule has 1 aliphatic heterocycles. The monoisotopic (exact) mass is 289 g/mol. The summed E-state index contributed by atoms with van der Waals surface area (Å²) in [5.41, 5.74) is 0. The second-order valence-electron chi connectivity index (χ2n) is 6.17. The Hall–Kier alpha value is -1.13. The van der Waals surface area contributed by atoms with Crippen molar-refractivity contribution in [2.45, 2.75) is 57.7 Å². The third-order valence-corrected chi connectivity index (χ3v) is 4.71. The van der Waals surface area contributed by atoms with Gasteiger partial charge in [-0.2, -0.15) is 0 Å². The van der Waals surface area contributed by atoms with Crippen LogP contribution in [-0.4, -0.2) is 28.7 Å². The smallest absolute Gasteiger partial charge is 0.139 e. The van der Waals surface area contributed by atoms with Crippen LogP contribution in [0, 0.1) is 5.92 Å². The number of allylic oxidation sites excluding steroid dienone is 2. The van der Waals surface area contributed by atoms with Crippen molar-refractivity contribution < 1.29 is 4.74 Å². The number of hydrogen-bond donors (Lipinski definition) is 1. The van der Waals surface area contributed by atoms with Crippen LogP contribution in [0.2, 0.25) is 0 Å². The SMILES string of the molecule is CCn1ccnc1[C@H]1OCCC[C@@H]1NCC1CC=CCC1. The van der Waals surface area contributed by atoms with E-state index >= 15 is 0 Å². The maximum absolute atomic E-state index is 6.06. The Morgan fingerprint density at radius 3 is 3.14 bits per heavy atom. The second-order valence-corrected chi connectivity index (χ2v) is 6.17. The number of hydrogen-bond acceptors (Lipinski definition) is 3. The molecule has 1 unspecified atom stereocenters. The van der Waals surface area contributed by atoms with Crippen molar-refractivity contribution >= 4 is 0 Å². The highest BCUT2D eigenvalue weighted by molar-refractivity contribution is 5.03. The minimum atomic E-state index is 0.104. The lowest BCUT2D eigenvalue weighted by Gasteiger charge is -2.33. The summed E-state index contributed by atoms with van der Waals surface area (Å²) in [7, 11) is 0. The molecule has 3 rings (SSSR count). The van der Waals surface area contributed by atoms with Gasteiger partial charge in [0.2, 0.25) is 0 Å². The van der Waals surface area contributed by atoms with Gasteiger partial charge in [0.1, 0.15) is 11.9 Å². The van der Waals surface area contributed by atoms with Crippen LogP contribution in [0.1, 0.15) is 51.0 Å². The molecule has 1 N–H and O–H groups in total. The number of imidazole rings is 1. The van der Waals surface area contributed by atoms with Gasteiger partial charge in [-0.3, -0.25) is 0 Å². The molecule has 4 heteroatoms. The minimum absolute atomic E-state index is 0.104. The minimum Gasteiger partial charge on any atom is -0.369 e. The van der Waals surface area contributed by atoms with Crippen LogP contribution in [0.3, 0.4) is 0 Å². The van der Waals surface area contributed by atoms with Crippen molar-refractivity contribution in [1.82, 2.24) is 14.9 Å². The fourth-order valence-electron chi connectivity index (χ4n) is 3.45. The fourth-order valence-corrected chi connectivity index (χ4v) is 3.45. The van der Waals surface area contributed by atoms with E-state index in [1.807, 2.05) is 6.20 Å². The Bertz CT molecular complexity index is 468. The molecule has 0 spiro atoms. The first-order chi connectivity index (χ1) is 10.4. The second kappa shape index (κ2) is 7.23. The van der Waals surface area contributed by atoms with Crippen LogP contribution in [0.5, 0.6) is 0 Å². The van der Waals surface area contributed by atoms with E-state index < -0.39 is 0 Å². The summed E-state index contributed by atoms with van der Waals surface area (Å²) in [5, 5.41) is 3.77. The number of nitrogens with one attached hydrogen (secondary N) is 1. The average molecular weight is 289 g/mol. The number of aromatic nitrogens is 2. The summed E-state index contributed by atoms with van der Waals surface area (Å²) in [6, 6.07) is 0.400. The van der Waals surface area contributed by atoms with Gasteiger partial charge in [0.25, 0.3) is 0 Å². The van der Waals surface area contributed by atoms with Crippen molar-refractivity contribution in [1.29, 1.82) is 0 Å². The first-order valence-corrected chi connectivity index (χ1v) is 8.39. The number of aryl methyl sites for hydroxylation is 1. The Morgan fingerprint density at radius 1 is 1.38 bits per heavy atom. The van der Waals surface area contributed by atoms with E-state index in [4.69, 9.17) is 4.74 Å². The first kappa shape index (κ1) is 14.8. The van der Waals surface area contributed by atoms with Crippen LogP contribution in [-0.2, 0) is 11.3 Å². The average Bonchev–Trinajstić information content (AvgIpc) is 3.02. The van der Waals surface area contributed by atoms with E-state index in [-0.39, 0.29) is 6.10 Å². The number of ether oxygens (including phenoxy) is 1. The summed E-state index contributed by atoms with van der Waals surface area (Å²) >= 11 is 0. The van der Waals surface area contributed by atoms with Gasteiger partial charge < -0.3 is 14.6 Å². The highest BCUT2D eigenvalue weighted by atomic mass is 16.5. The van der Waals surface area contributed by atoms with Crippen molar-refractivity contribution in [2.24, 2.45) is 5.92 Å². The Labute approximate surface area is 127 Å². The highest BCUT2D eigenvalue weighted by Crippen LogP contribution is 2.28. The molecule has 0 saturated carbocycles. The van der Waals surface area contributed by atoms with Gasteiger partial charge in [-0.25, -0.2) is 4.98 Å². The Morgan fingerprint density at radius 2 is 2.33 bits per heavy atom. The van der Waals surface area contributed by atoms with Gasteiger partial charge in [-0.1, -0.05) is 12.2 Å². The summed E-state index contributed by atoms with van der Waals surface area (Å²) in [6.45, 7) is 5.06. The maximum atomic E-state index is 6.06. The quantitative estimate of drug-likeness (QED) is 0.847. The van der Waals surface area contributed by atoms with Crippen molar-refractivity contribution in [3.8, 4) is 0 Å². The Balaban J connectivity index is 1.62. The molecule has 2 heterocycles. The van der Waals surface area contributed by atoms with Gasteiger partial charge in [0.05, 0.1) is 0 Å². The molecule has 0 bridgehead atoms. The van der Waals surface area contributed by atoms with Crippen molar-refractivity contribution in [3.63, 3.8) is 0 Å². The highest BCUT2D eigenvalue weighted by Gasteiger charge is 2.30. The maximum Gasteiger partial charge on any atom is 0.139 e. The van der Waals surface area contributed by atoms with E-state index in [9.17, 15) is 0 Å². The lowest BCUT2D eigenvalue weighted by molar-refractivity contribution is -0.0186. The lowest BCUT2D eigenvalue weighted by Crippen LogP contribution is -2.42. The zero-order valence-electron chi connectivity index (χ0n) is 13.0. The molecule has 1 aromatic heterocycles. The van der Waals surface area contributed by atoms with Crippen LogP contribution in [0.15, 0.2) is 24.5 Å². The lowest BCUT2D eigenvalue weighted by atomic mass is 9.93. The summed E-state index contributed by atoms with van der Waals surface area (Å²) < 4.78 is 8.26. The standard InChI is InChI=1S/C17H27N3O/c1-2-20-11-10-18-17(20)16-15(9-6-12-21-16)19-13-14-7-4-3-5-8-14/h3-4,10-11,14-16,19H,2,5-9,12-13H2,1H3/t14?,15-,16-/m0/s1. The topological polar surface area (TPSA) is 39.1 Å². The molecule has 4 nitrogen and oxygen atoms in total. The molecule has 0 aromatic carbocycles. The van der Waals surface area contributed by atoms with Crippen LogP contribution in [0.4, 0.5) is 0 Å². The molecule has 0 radical (unpaired) electrons. The molecule has 1 aromatic rings. The van der Waals surface area contributed by atoms with Crippen LogP contribution in [0.25, 0.3) is 0 Å². The first-order valence-electron chi connectivity index (χ1n) is 8.39. The van der Waals surface area contributed by atoms with Crippen LogP contribution < -0.4 is 5.32 Å². The van der Waals surface area contributed by atoms with E-state index in [1.165, 1.54) is 25.7 Å². The predicted octanol–water partition coefficient (Wildman–Crippen LogP) is 3.07. The third-order valence-electron chi connectivity index (χ3n) is 4.71. The van der Waals surface area contributed by atoms with Gasteiger partial charge in [0, 0.05) is 31.6 Å². The molecule has 3 atom stereocenters. The third kappa shape index (κ3) is 3.55. The van der Waals surface area contributed by atoms with E-state index in [0.29, 0.717) is 6.04 Å². The number of rotatable bonds is 5. The van der Waals surface area contributed by atoms with Gasteiger partial charge in [0.15, 0.2) is 0 Å². The van der Waals surface area contributed by atoms with Crippen LogP contribution >= 0.6 is 0 Å². The molecule has 21 heavy (non-hydrogen) atoms. The normalized spacial score (nSPS) is 29.7. The predicted molar refractivity (Wildman–Crippen MR) is 84.1 cm³/mol. The largest absolute Gasteiger partial charge is 0.369 e. The summed E-state index contributed by atoms with van der Waals surface area (Å²) in [4.78, 5) is 4.54. The van der Waals surface area contributed by atoms with Gasteiger partial charge >= 0.3 is 0 Å². The summed E-state index contributed by atoms with van der Waals surface area (Å²) in [6.07, 6.45) is 14.8. The molecular formula is C17H27N3O. The molecule has 1 saturated heterocycles. The molecule has 1 aliphatic carbocycles. The molecule has 116 valence electrons. The van der Waals surface area contributed by atoms with Crippen molar-refractivity contribution in [2.75, 3.05) is 13.2 Å². The summed E-state index contributed by atoms with van der Waals surface area (Å²) in [5.74, 6) is 1.86. The van der Waals surface area contributed by atoms with Gasteiger partial charge in [-0.15, -0.1) is 0 Å². The molecule has 1 fully saturated rings. The molecule has 2 aliphatic rings. The number of nitrogens with zero attached hydrogens (tertiary/aromatic N) is 2. The van der Waals surface area contributed by atoms with Crippen molar-refractivity contribution in [3.05, 3.63) is 30.4 Å². The van der Waals surface area contributed by atoms with E-state index in [1.54, 1.807) is 0 Å². The molecule has 0 amide bonds. The van der Waals surface area contributed by atoms with E-state index in [2.05, 4.69) is 40.1 Å².